The van der Waals surface area contributed by atoms with E-state index in [4.69, 9.17) is 16.9 Å². The van der Waals surface area contributed by atoms with E-state index in [2.05, 4.69) is 13.0 Å². The van der Waals surface area contributed by atoms with Crippen molar-refractivity contribution in [2.45, 2.75) is 26.1 Å². The number of nitriles is 1. The van der Waals surface area contributed by atoms with E-state index in [0.29, 0.717) is 0 Å². The summed E-state index contributed by atoms with van der Waals surface area (Å²) in [5.74, 6) is 0. The Morgan fingerprint density at radius 3 is 2.23 bits per heavy atom. The van der Waals surface area contributed by atoms with Gasteiger partial charge in [-0.25, -0.2) is 0 Å². The normalized spacial score (nSPS) is 12.2. The highest BCUT2D eigenvalue weighted by Gasteiger charge is 2.10. The first kappa shape index (κ1) is 10.1. The number of hydrogen-bond donors (Lipinski definition) is 0. The van der Waals surface area contributed by atoms with Crippen molar-refractivity contribution in [1.29, 1.82) is 5.26 Å². The maximum absolute atomic E-state index is 8.69. The van der Waals surface area contributed by atoms with Crippen molar-refractivity contribution in [3.8, 4) is 6.07 Å². The lowest BCUT2D eigenvalue weighted by Crippen LogP contribution is -1.94. The Morgan fingerprint density at radius 2 is 1.69 bits per heavy atom. The maximum Gasteiger partial charge on any atom is 0.145 e. The summed E-state index contributed by atoms with van der Waals surface area (Å²) in [7, 11) is 0. The standard InChI is InChI=1S/C11H12ClN/c1-7-4-9(3)10(5-8(7)2)11(12)6-13/h4-5,11H,1-3H3. The van der Waals surface area contributed by atoms with Crippen molar-refractivity contribution >= 4 is 11.6 Å². The first-order valence-electron chi connectivity index (χ1n) is 4.17. The SMILES string of the molecule is Cc1cc(C)c(C(Cl)C#N)cc1C. The number of alkyl halides is 1. The van der Waals surface area contributed by atoms with Gasteiger partial charge in [0.25, 0.3) is 0 Å². The molecule has 0 spiro atoms. The van der Waals surface area contributed by atoms with Gasteiger partial charge in [-0.15, -0.1) is 11.6 Å². The topological polar surface area (TPSA) is 23.8 Å². The van der Waals surface area contributed by atoms with Crippen LogP contribution < -0.4 is 0 Å². The molecule has 68 valence electrons. The van der Waals surface area contributed by atoms with E-state index in [1.54, 1.807) is 0 Å². The third-order valence-electron chi connectivity index (χ3n) is 2.27. The van der Waals surface area contributed by atoms with E-state index in [1.165, 1.54) is 11.1 Å². The lowest BCUT2D eigenvalue weighted by atomic mass is 9.99. The Morgan fingerprint density at radius 1 is 1.15 bits per heavy atom. The lowest BCUT2D eigenvalue weighted by Gasteiger charge is -2.09. The molecule has 0 fully saturated rings. The zero-order chi connectivity index (χ0) is 10.0. The van der Waals surface area contributed by atoms with Crippen molar-refractivity contribution in [1.82, 2.24) is 0 Å². The molecule has 0 saturated carbocycles. The number of rotatable bonds is 1. The lowest BCUT2D eigenvalue weighted by molar-refractivity contribution is 1.14. The molecule has 2 heteroatoms. The van der Waals surface area contributed by atoms with Crippen LogP contribution in [0.3, 0.4) is 0 Å². The second kappa shape index (κ2) is 3.81. The Bertz CT molecular complexity index is 363. The number of aryl methyl sites for hydroxylation is 3. The van der Waals surface area contributed by atoms with Crippen molar-refractivity contribution in [3.05, 3.63) is 34.4 Å². The average Bonchev–Trinajstić information content (AvgIpc) is 2.10. The number of nitrogens with zero attached hydrogens (tertiary/aromatic N) is 1. The molecule has 0 bridgehead atoms. The molecule has 1 atom stereocenters. The highest BCUT2D eigenvalue weighted by Crippen LogP contribution is 2.25. The summed E-state index contributed by atoms with van der Waals surface area (Å²) < 4.78 is 0. The molecule has 1 aromatic rings. The Labute approximate surface area is 84.0 Å². The average molecular weight is 194 g/mol. The molecule has 0 aliphatic rings. The van der Waals surface area contributed by atoms with Gasteiger partial charge in [0.05, 0.1) is 6.07 Å². The largest absolute Gasteiger partial charge is 0.196 e. The van der Waals surface area contributed by atoms with Crippen LogP contribution >= 0.6 is 11.6 Å². The molecular formula is C11H12ClN. The minimum absolute atomic E-state index is 0.528. The van der Waals surface area contributed by atoms with E-state index < -0.39 is 5.38 Å². The molecule has 0 aliphatic carbocycles. The summed E-state index contributed by atoms with van der Waals surface area (Å²) in [6.07, 6.45) is 0. The monoisotopic (exact) mass is 193 g/mol. The zero-order valence-electron chi connectivity index (χ0n) is 8.06. The van der Waals surface area contributed by atoms with Crippen LogP contribution in [0.25, 0.3) is 0 Å². The van der Waals surface area contributed by atoms with Gasteiger partial charge in [-0.3, -0.25) is 0 Å². The van der Waals surface area contributed by atoms with E-state index in [9.17, 15) is 0 Å². The fourth-order valence-electron chi connectivity index (χ4n) is 1.33. The summed E-state index contributed by atoms with van der Waals surface area (Å²) in [5, 5.41) is 8.16. The van der Waals surface area contributed by atoms with Crippen LogP contribution in [-0.4, -0.2) is 0 Å². The number of halogens is 1. The third kappa shape index (κ3) is 2.02. The molecule has 0 heterocycles. The molecule has 0 aromatic heterocycles. The van der Waals surface area contributed by atoms with Gasteiger partial charge in [0, 0.05) is 0 Å². The van der Waals surface area contributed by atoms with E-state index >= 15 is 0 Å². The van der Waals surface area contributed by atoms with Crippen LogP contribution in [0.1, 0.15) is 27.6 Å². The van der Waals surface area contributed by atoms with Gasteiger partial charge in [-0.1, -0.05) is 12.1 Å². The van der Waals surface area contributed by atoms with Crippen molar-refractivity contribution in [2.75, 3.05) is 0 Å². The van der Waals surface area contributed by atoms with Gasteiger partial charge in [0.15, 0.2) is 0 Å². The van der Waals surface area contributed by atoms with Crippen LogP contribution in [0.2, 0.25) is 0 Å². The van der Waals surface area contributed by atoms with Gasteiger partial charge in [-0.2, -0.15) is 5.26 Å². The molecule has 0 saturated heterocycles. The van der Waals surface area contributed by atoms with Crippen molar-refractivity contribution in [3.63, 3.8) is 0 Å². The first-order valence-corrected chi connectivity index (χ1v) is 4.61. The Balaban J connectivity index is 3.25. The third-order valence-corrected chi connectivity index (χ3v) is 2.60. The highest BCUT2D eigenvalue weighted by molar-refractivity contribution is 6.22. The number of benzene rings is 1. The van der Waals surface area contributed by atoms with Crippen LogP contribution in [-0.2, 0) is 0 Å². The molecule has 0 N–H and O–H groups in total. The molecule has 1 unspecified atom stereocenters. The fraction of sp³-hybridized carbons (Fsp3) is 0.364. The van der Waals surface area contributed by atoms with Gasteiger partial charge in [0.2, 0.25) is 0 Å². The summed E-state index contributed by atoms with van der Waals surface area (Å²) in [5.41, 5.74) is 4.43. The van der Waals surface area contributed by atoms with E-state index in [0.717, 1.165) is 11.1 Å². The molecular weight excluding hydrogens is 182 g/mol. The second-order valence-corrected chi connectivity index (χ2v) is 3.72. The minimum atomic E-state index is -0.528. The zero-order valence-corrected chi connectivity index (χ0v) is 8.81. The first-order chi connectivity index (χ1) is 6.06. The van der Waals surface area contributed by atoms with Gasteiger partial charge in [-0.05, 0) is 43.0 Å². The predicted octanol–water partition coefficient (Wildman–Crippen LogP) is 3.42. The van der Waals surface area contributed by atoms with Gasteiger partial charge in [0.1, 0.15) is 5.38 Å². The van der Waals surface area contributed by atoms with Gasteiger partial charge < -0.3 is 0 Å². The second-order valence-electron chi connectivity index (χ2n) is 3.28. The van der Waals surface area contributed by atoms with Crippen LogP contribution in [0, 0.1) is 32.1 Å². The predicted molar refractivity (Wildman–Crippen MR) is 54.9 cm³/mol. The van der Waals surface area contributed by atoms with Gasteiger partial charge >= 0.3 is 0 Å². The summed E-state index contributed by atoms with van der Waals surface area (Å²) in [4.78, 5) is 0. The molecule has 0 amide bonds. The molecule has 13 heavy (non-hydrogen) atoms. The van der Waals surface area contributed by atoms with Crippen molar-refractivity contribution in [2.24, 2.45) is 0 Å². The molecule has 1 aromatic carbocycles. The Kier molecular flexibility index (Phi) is 2.95. The molecule has 1 nitrogen and oxygen atoms in total. The summed E-state index contributed by atoms with van der Waals surface area (Å²) in [6.45, 7) is 6.06. The van der Waals surface area contributed by atoms with Crippen molar-refractivity contribution < 1.29 is 0 Å². The quantitative estimate of drug-likeness (QED) is 0.627. The summed E-state index contributed by atoms with van der Waals surface area (Å²) >= 11 is 5.86. The van der Waals surface area contributed by atoms with E-state index in [-0.39, 0.29) is 0 Å². The summed E-state index contributed by atoms with van der Waals surface area (Å²) in [6, 6.07) is 6.09. The molecule has 0 radical (unpaired) electrons. The van der Waals surface area contributed by atoms with E-state index in [1.807, 2.05) is 26.0 Å². The van der Waals surface area contributed by atoms with Crippen LogP contribution in [0.4, 0.5) is 0 Å². The smallest absolute Gasteiger partial charge is 0.145 e. The van der Waals surface area contributed by atoms with Crippen LogP contribution in [0.5, 0.6) is 0 Å². The molecule has 0 aliphatic heterocycles. The fourth-order valence-corrected chi connectivity index (χ4v) is 1.56. The van der Waals surface area contributed by atoms with Crippen LogP contribution in [0.15, 0.2) is 12.1 Å². The highest BCUT2D eigenvalue weighted by atomic mass is 35.5. The molecule has 1 rings (SSSR count). The number of hydrogen-bond acceptors (Lipinski definition) is 1. The minimum Gasteiger partial charge on any atom is -0.196 e. The Hall–Kier alpha value is -1.00. The maximum atomic E-state index is 8.69.